The van der Waals surface area contributed by atoms with Crippen LogP contribution in [-0.2, 0) is 6.54 Å². The van der Waals surface area contributed by atoms with Crippen LogP contribution in [0.15, 0.2) is 72.9 Å². The highest BCUT2D eigenvalue weighted by molar-refractivity contribution is 6.02. The fourth-order valence-corrected chi connectivity index (χ4v) is 2.80. The Morgan fingerprint density at radius 1 is 1.07 bits per heavy atom. The molecule has 0 spiro atoms. The van der Waals surface area contributed by atoms with E-state index in [-0.39, 0.29) is 17.6 Å². The van der Waals surface area contributed by atoms with Crippen molar-refractivity contribution in [1.29, 1.82) is 0 Å². The van der Waals surface area contributed by atoms with Gasteiger partial charge in [0.05, 0.1) is 11.9 Å². The van der Waals surface area contributed by atoms with Gasteiger partial charge in [0.15, 0.2) is 0 Å². The maximum Gasteiger partial charge on any atom is 0.274 e. The quantitative estimate of drug-likeness (QED) is 0.678. The molecule has 138 valence electrons. The Labute approximate surface area is 158 Å². The first-order valence-corrected chi connectivity index (χ1v) is 8.86. The third-order valence-corrected chi connectivity index (χ3v) is 4.21. The third kappa shape index (κ3) is 4.91. The lowest BCUT2D eigenvalue weighted by Crippen LogP contribution is -2.30. The maximum absolute atomic E-state index is 13.2. The molecule has 0 unspecified atom stereocenters. The van der Waals surface area contributed by atoms with Gasteiger partial charge in [-0.05, 0) is 49.7 Å². The summed E-state index contributed by atoms with van der Waals surface area (Å²) in [5.74, 6) is -0.768. The number of anilines is 2. The van der Waals surface area contributed by atoms with Crippen LogP contribution in [0.5, 0.6) is 0 Å². The molecule has 1 N–H and O–H groups in total. The molecule has 0 aliphatic carbocycles. The van der Waals surface area contributed by atoms with Crippen molar-refractivity contribution in [1.82, 2.24) is 4.98 Å². The molecule has 0 aliphatic heterocycles. The molecule has 1 heterocycles. The number of amides is 1. The van der Waals surface area contributed by atoms with Crippen LogP contribution in [0.3, 0.4) is 0 Å². The zero-order chi connectivity index (χ0) is 19.2. The highest BCUT2D eigenvalue weighted by Gasteiger charge is 2.14. The lowest BCUT2D eigenvalue weighted by molar-refractivity contribution is 0.102. The number of hydrogen-bond donors (Lipinski definition) is 1. The Kier molecular flexibility index (Phi) is 5.81. The fourth-order valence-electron chi connectivity index (χ4n) is 2.80. The second-order valence-corrected chi connectivity index (χ2v) is 6.57. The molecular weight excluding hydrogens is 341 g/mol. The van der Waals surface area contributed by atoms with E-state index < -0.39 is 5.82 Å². The molecule has 0 radical (unpaired) electrons. The van der Waals surface area contributed by atoms with Gasteiger partial charge in [0.1, 0.15) is 11.5 Å². The molecule has 4 nitrogen and oxygen atoms in total. The number of halogens is 1. The number of nitrogens with zero attached hydrogens (tertiary/aromatic N) is 2. The average molecular weight is 363 g/mol. The van der Waals surface area contributed by atoms with E-state index in [1.54, 1.807) is 24.4 Å². The van der Waals surface area contributed by atoms with Crippen LogP contribution < -0.4 is 10.2 Å². The minimum absolute atomic E-state index is 0.277. The lowest BCUT2D eigenvalue weighted by Gasteiger charge is -2.29. The van der Waals surface area contributed by atoms with E-state index in [4.69, 9.17) is 0 Å². The summed E-state index contributed by atoms with van der Waals surface area (Å²) in [5.41, 5.74) is 2.83. The first-order chi connectivity index (χ1) is 13.0. The van der Waals surface area contributed by atoms with Crippen molar-refractivity contribution >= 4 is 17.3 Å². The van der Waals surface area contributed by atoms with E-state index >= 15 is 0 Å². The Morgan fingerprint density at radius 2 is 1.85 bits per heavy atom. The van der Waals surface area contributed by atoms with Crippen LogP contribution in [0.2, 0.25) is 0 Å². The summed E-state index contributed by atoms with van der Waals surface area (Å²) < 4.78 is 13.2. The fraction of sp³-hybridized carbons (Fsp3) is 0.182. The van der Waals surface area contributed by atoms with E-state index in [2.05, 4.69) is 41.2 Å². The molecular formula is C22H22FN3O. The molecule has 27 heavy (non-hydrogen) atoms. The average Bonchev–Trinajstić information content (AvgIpc) is 2.67. The molecule has 0 aliphatic rings. The van der Waals surface area contributed by atoms with E-state index in [0.29, 0.717) is 5.69 Å². The number of nitrogens with one attached hydrogen (secondary N) is 1. The van der Waals surface area contributed by atoms with Crippen molar-refractivity contribution < 1.29 is 9.18 Å². The summed E-state index contributed by atoms with van der Waals surface area (Å²) in [6.45, 7) is 5.00. The first kappa shape index (κ1) is 18.6. The molecule has 1 aromatic heterocycles. The molecule has 2 aromatic carbocycles. The Morgan fingerprint density at radius 3 is 2.48 bits per heavy atom. The molecule has 3 aromatic rings. The molecule has 0 bridgehead atoms. The van der Waals surface area contributed by atoms with E-state index in [1.807, 2.05) is 24.3 Å². The maximum atomic E-state index is 13.2. The van der Waals surface area contributed by atoms with Gasteiger partial charge in [-0.3, -0.25) is 4.79 Å². The Bertz CT molecular complexity index is 895. The van der Waals surface area contributed by atoms with E-state index in [0.717, 1.165) is 12.2 Å². The largest absolute Gasteiger partial charge is 0.364 e. The molecule has 0 fully saturated rings. The van der Waals surface area contributed by atoms with Crippen LogP contribution in [0, 0.1) is 5.82 Å². The minimum Gasteiger partial charge on any atom is -0.364 e. The van der Waals surface area contributed by atoms with Crippen LogP contribution in [0.1, 0.15) is 29.9 Å². The normalized spacial score (nSPS) is 10.7. The monoisotopic (exact) mass is 363 g/mol. The van der Waals surface area contributed by atoms with Crippen LogP contribution >= 0.6 is 0 Å². The zero-order valence-corrected chi connectivity index (χ0v) is 15.4. The number of carbonyl (C=O) groups is 1. The summed E-state index contributed by atoms with van der Waals surface area (Å²) >= 11 is 0. The van der Waals surface area contributed by atoms with Gasteiger partial charge in [-0.15, -0.1) is 0 Å². The predicted octanol–water partition coefficient (Wildman–Crippen LogP) is 4.89. The highest BCUT2D eigenvalue weighted by Crippen LogP contribution is 2.20. The van der Waals surface area contributed by atoms with Gasteiger partial charge >= 0.3 is 0 Å². The van der Waals surface area contributed by atoms with Crippen molar-refractivity contribution in [3.8, 4) is 0 Å². The lowest BCUT2D eigenvalue weighted by atomic mass is 10.1. The summed E-state index contributed by atoms with van der Waals surface area (Å²) in [5, 5.41) is 2.66. The number of pyridine rings is 1. The van der Waals surface area contributed by atoms with Gasteiger partial charge in [-0.1, -0.05) is 36.4 Å². The van der Waals surface area contributed by atoms with E-state index in [9.17, 15) is 9.18 Å². The number of benzene rings is 2. The highest BCUT2D eigenvalue weighted by atomic mass is 19.1. The van der Waals surface area contributed by atoms with Gasteiger partial charge in [-0.25, -0.2) is 9.37 Å². The van der Waals surface area contributed by atoms with Crippen LogP contribution in [0.4, 0.5) is 15.8 Å². The van der Waals surface area contributed by atoms with Crippen molar-refractivity contribution in [3.63, 3.8) is 0 Å². The molecule has 0 saturated heterocycles. The molecule has 0 saturated carbocycles. The van der Waals surface area contributed by atoms with Crippen molar-refractivity contribution in [2.24, 2.45) is 0 Å². The van der Waals surface area contributed by atoms with Crippen molar-refractivity contribution in [3.05, 3.63) is 90.0 Å². The molecule has 5 heteroatoms. The van der Waals surface area contributed by atoms with Gasteiger partial charge in [0.25, 0.3) is 5.91 Å². The van der Waals surface area contributed by atoms with Crippen molar-refractivity contribution in [2.75, 3.05) is 10.2 Å². The van der Waals surface area contributed by atoms with Gasteiger partial charge in [-0.2, -0.15) is 0 Å². The topological polar surface area (TPSA) is 45.2 Å². The third-order valence-electron chi connectivity index (χ3n) is 4.21. The second kappa shape index (κ2) is 8.45. The van der Waals surface area contributed by atoms with Crippen molar-refractivity contribution in [2.45, 2.75) is 26.4 Å². The van der Waals surface area contributed by atoms with Crippen LogP contribution in [-0.4, -0.2) is 16.9 Å². The predicted molar refractivity (Wildman–Crippen MR) is 106 cm³/mol. The Balaban J connectivity index is 1.73. The van der Waals surface area contributed by atoms with E-state index in [1.165, 1.54) is 17.7 Å². The summed E-state index contributed by atoms with van der Waals surface area (Å²) in [6, 6.07) is 19.8. The minimum atomic E-state index is -0.399. The number of aromatic nitrogens is 1. The molecule has 3 rings (SSSR count). The standard InChI is InChI=1S/C22H22FN3O/c1-16(2)26(15-17-7-4-3-5-8-17)20-11-12-21(24-14-20)22(27)25-19-10-6-9-18(23)13-19/h3-14,16H,15H2,1-2H3,(H,25,27). The Hall–Kier alpha value is -3.21. The smallest absolute Gasteiger partial charge is 0.274 e. The summed E-state index contributed by atoms with van der Waals surface area (Å²) in [4.78, 5) is 18.8. The summed E-state index contributed by atoms with van der Waals surface area (Å²) in [7, 11) is 0. The first-order valence-electron chi connectivity index (χ1n) is 8.86. The zero-order valence-electron chi connectivity index (χ0n) is 15.4. The second-order valence-electron chi connectivity index (χ2n) is 6.57. The SMILES string of the molecule is CC(C)N(Cc1ccccc1)c1ccc(C(=O)Nc2cccc(F)c2)nc1. The number of rotatable bonds is 6. The molecule has 0 atom stereocenters. The van der Waals surface area contributed by atoms with Gasteiger partial charge in [0.2, 0.25) is 0 Å². The molecule has 1 amide bonds. The number of hydrogen-bond acceptors (Lipinski definition) is 3. The number of carbonyl (C=O) groups excluding carboxylic acids is 1. The van der Waals surface area contributed by atoms with Gasteiger partial charge < -0.3 is 10.2 Å². The van der Waals surface area contributed by atoms with Gasteiger partial charge in [0, 0.05) is 18.3 Å². The summed E-state index contributed by atoms with van der Waals surface area (Å²) in [6.07, 6.45) is 1.70. The van der Waals surface area contributed by atoms with Crippen LogP contribution in [0.25, 0.3) is 0 Å².